The van der Waals surface area contributed by atoms with E-state index in [0.717, 1.165) is 27.8 Å². The van der Waals surface area contributed by atoms with Gasteiger partial charge in [0.15, 0.2) is 0 Å². The van der Waals surface area contributed by atoms with Crippen molar-refractivity contribution >= 4 is 21.4 Å². The van der Waals surface area contributed by atoms with Gasteiger partial charge in [0.25, 0.3) is 15.7 Å². The van der Waals surface area contributed by atoms with Crippen molar-refractivity contribution in [2.24, 2.45) is 0 Å². The Morgan fingerprint density at radius 2 is 1.27 bits per heavy atom. The van der Waals surface area contributed by atoms with Crippen molar-refractivity contribution in [3.05, 3.63) is 86.5 Å². The minimum atomic E-state index is -3.79. The number of nitro groups is 1. The minimum absolute atomic E-state index is 0.00249. The molecule has 1 N–H and O–H groups in total. The van der Waals surface area contributed by atoms with Gasteiger partial charge in [-0.1, -0.05) is 24.3 Å². The number of rotatable bonds is 5. The smallest absolute Gasteiger partial charge is 0.277 e. The van der Waals surface area contributed by atoms with Crippen LogP contribution in [-0.2, 0) is 10.0 Å². The highest BCUT2D eigenvalue weighted by Gasteiger charge is 2.24. The Morgan fingerprint density at radius 1 is 0.767 bits per heavy atom. The molecule has 0 spiro atoms. The van der Waals surface area contributed by atoms with Crippen LogP contribution in [0, 0.1) is 44.7 Å². The molecule has 7 heteroatoms. The van der Waals surface area contributed by atoms with Gasteiger partial charge in [0.2, 0.25) is 0 Å². The molecule has 0 unspecified atom stereocenters. The van der Waals surface area contributed by atoms with E-state index in [2.05, 4.69) is 4.72 Å². The first-order valence-electron chi connectivity index (χ1n) is 9.48. The Morgan fingerprint density at radius 3 is 1.80 bits per heavy atom. The molecule has 3 aromatic carbocycles. The standard InChI is InChI=1S/C23H24N2O4S/c1-14-15(2)17(4)23(18(5)16(14)3)30(28,29)24-20-12-10-19(11-13-20)21-8-6-7-9-22(21)25(26)27/h6-13,24H,1-5H3. The first kappa shape index (κ1) is 21.5. The number of nitrogens with one attached hydrogen (secondary N) is 1. The van der Waals surface area contributed by atoms with E-state index in [-0.39, 0.29) is 5.69 Å². The molecule has 6 nitrogen and oxygen atoms in total. The van der Waals surface area contributed by atoms with E-state index < -0.39 is 14.9 Å². The van der Waals surface area contributed by atoms with E-state index in [0.29, 0.717) is 21.7 Å². The molecule has 3 rings (SSSR count). The van der Waals surface area contributed by atoms with E-state index >= 15 is 0 Å². The second-order valence-corrected chi connectivity index (χ2v) is 9.03. The molecule has 0 atom stereocenters. The van der Waals surface area contributed by atoms with Crippen LogP contribution < -0.4 is 4.72 Å². The fraction of sp³-hybridized carbons (Fsp3) is 0.217. The Kier molecular flexibility index (Phi) is 5.67. The van der Waals surface area contributed by atoms with Crippen molar-refractivity contribution in [2.75, 3.05) is 4.72 Å². The van der Waals surface area contributed by atoms with E-state index in [9.17, 15) is 18.5 Å². The first-order chi connectivity index (χ1) is 14.0. The Bertz CT molecular complexity index is 1220. The van der Waals surface area contributed by atoms with Crippen molar-refractivity contribution in [2.45, 2.75) is 39.5 Å². The van der Waals surface area contributed by atoms with Crippen LogP contribution in [0.2, 0.25) is 0 Å². The summed E-state index contributed by atoms with van der Waals surface area (Å²) in [5.41, 5.74) is 6.01. The van der Waals surface area contributed by atoms with Gasteiger partial charge in [0.05, 0.1) is 15.4 Å². The van der Waals surface area contributed by atoms with Crippen molar-refractivity contribution in [3.63, 3.8) is 0 Å². The monoisotopic (exact) mass is 424 g/mol. The Hall–Kier alpha value is -3.19. The van der Waals surface area contributed by atoms with Crippen LogP contribution in [0.3, 0.4) is 0 Å². The molecule has 0 bridgehead atoms. The Balaban J connectivity index is 1.98. The molecule has 30 heavy (non-hydrogen) atoms. The number of para-hydroxylation sites is 1. The molecule has 0 aliphatic rings. The molecular weight excluding hydrogens is 400 g/mol. The number of hydrogen-bond acceptors (Lipinski definition) is 4. The van der Waals surface area contributed by atoms with Gasteiger partial charge in [-0.25, -0.2) is 8.42 Å². The zero-order valence-corrected chi connectivity index (χ0v) is 18.4. The van der Waals surface area contributed by atoms with Crippen LogP contribution in [0.1, 0.15) is 27.8 Å². The third-order valence-corrected chi connectivity index (χ3v) is 7.40. The van der Waals surface area contributed by atoms with E-state index in [1.54, 1.807) is 42.5 Å². The summed E-state index contributed by atoms with van der Waals surface area (Å²) in [4.78, 5) is 11.1. The molecule has 156 valence electrons. The fourth-order valence-electron chi connectivity index (χ4n) is 3.67. The lowest BCUT2D eigenvalue weighted by Crippen LogP contribution is -2.17. The van der Waals surface area contributed by atoms with Gasteiger partial charge in [-0.15, -0.1) is 0 Å². The number of nitro benzene ring substituents is 1. The molecule has 3 aromatic rings. The quantitative estimate of drug-likeness (QED) is 0.426. The highest BCUT2D eigenvalue weighted by atomic mass is 32.2. The lowest BCUT2D eigenvalue weighted by molar-refractivity contribution is -0.384. The summed E-state index contributed by atoms with van der Waals surface area (Å²) in [6, 6.07) is 13.0. The average molecular weight is 425 g/mol. The molecule has 0 saturated carbocycles. The average Bonchev–Trinajstić information content (AvgIpc) is 2.71. The van der Waals surface area contributed by atoms with Crippen LogP contribution >= 0.6 is 0 Å². The lowest BCUT2D eigenvalue weighted by Gasteiger charge is -2.19. The van der Waals surface area contributed by atoms with Gasteiger partial charge in [0.1, 0.15) is 0 Å². The second-order valence-electron chi connectivity index (χ2n) is 7.41. The number of sulfonamides is 1. The van der Waals surface area contributed by atoms with Gasteiger partial charge >= 0.3 is 0 Å². The maximum atomic E-state index is 13.2. The molecule has 0 fully saturated rings. The predicted molar refractivity (Wildman–Crippen MR) is 119 cm³/mol. The van der Waals surface area contributed by atoms with Crippen LogP contribution in [0.15, 0.2) is 53.4 Å². The summed E-state index contributed by atoms with van der Waals surface area (Å²) in [6.45, 7) is 9.49. The Labute approximate surface area is 176 Å². The second kappa shape index (κ2) is 7.91. The van der Waals surface area contributed by atoms with E-state index in [1.165, 1.54) is 6.07 Å². The third kappa shape index (κ3) is 3.80. The van der Waals surface area contributed by atoms with Gasteiger partial charge in [-0.3, -0.25) is 14.8 Å². The molecular formula is C23H24N2O4S. The molecule has 0 saturated heterocycles. The normalized spacial score (nSPS) is 11.4. The van der Waals surface area contributed by atoms with Crippen molar-refractivity contribution in [1.29, 1.82) is 0 Å². The molecule has 0 radical (unpaired) electrons. The molecule has 0 aromatic heterocycles. The predicted octanol–water partition coefficient (Wildman–Crippen LogP) is 5.60. The lowest BCUT2D eigenvalue weighted by atomic mass is 9.95. The summed E-state index contributed by atoms with van der Waals surface area (Å²) >= 11 is 0. The number of benzene rings is 3. The van der Waals surface area contributed by atoms with E-state index in [4.69, 9.17) is 0 Å². The molecule has 0 heterocycles. The van der Waals surface area contributed by atoms with Gasteiger partial charge in [-0.05, 0) is 86.2 Å². The largest absolute Gasteiger partial charge is 0.280 e. The van der Waals surface area contributed by atoms with Crippen molar-refractivity contribution in [3.8, 4) is 11.1 Å². The van der Waals surface area contributed by atoms with Crippen LogP contribution in [-0.4, -0.2) is 13.3 Å². The maximum absolute atomic E-state index is 13.2. The van der Waals surface area contributed by atoms with Gasteiger partial charge in [-0.2, -0.15) is 0 Å². The summed E-state index contributed by atoms with van der Waals surface area (Å²) in [5, 5.41) is 11.3. The third-order valence-electron chi connectivity index (χ3n) is 5.75. The zero-order valence-electron chi connectivity index (χ0n) is 17.6. The number of nitrogens with zero attached hydrogens (tertiary/aromatic N) is 1. The van der Waals surface area contributed by atoms with Crippen molar-refractivity contribution < 1.29 is 13.3 Å². The van der Waals surface area contributed by atoms with Gasteiger partial charge in [0, 0.05) is 11.8 Å². The van der Waals surface area contributed by atoms with Gasteiger partial charge < -0.3 is 0 Å². The topological polar surface area (TPSA) is 89.3 Å². The molecule has 0 aliphatic heterocycles. The number of hydrogen-bond donors (Lipinski definition) is 1. The fourth-order valence-corrected chi connectivity index (χ4v) is 5.33. The van der Waals surface area contributed by atoms with Crippen molar-refractivity contribution in [1.82, 2.24) is 0 Å². The zero-order chi connectivity index (χ0) is 22.2. The first-order valence-corrected chi connectivity index (χ1v) is 11.0. The SMILES string of the molecule is Cc1c(C)c(C)c(S(=O)(=O)Nc2ccc(-c3ccccc3[N+](=O)[O-])cc2)c(C)c1C. The maximum Gasteiger partial charge on any atom is 0.277 e. The minimum Gasteiger partial charge on any atom is -0.280 e. The van der Waals surface area contributed by atoms with Crippen LogP contribution in [0.4, 0.5) is 11.4 Å². The van der Waals surface area contributed by atoms with Crippen LogP contribution in [0.25, 0.3) is 11.1 Å². The molecule has 0 amide bonds. The number of anilines is 1. The van der Waals surface area contributed by atoms with Crippen LogP contribution in [0.5, 0.6) is 0 Å². The summed E-state index contributed by atoms with van der Waals surface area (Å²) in [7, 11) is -3.79. The summed E-state index contributed by atoms with van der Waals surface area (Å²) < 4.78 is 29.0. The highest BCUT2D eigenvalue weighted by Crippen LogP contribution is 2.33. The van der Waals surface area contributed by atoms with E-state index in [1.807, 2.05) is 34.6 Å². The summed E-state index contributed by atoms with van der Waals surface area (Å²) in [6.07, 6.45) is 0. The summed E-state index contributed by atoms with van der Waals surface area (Å²) in [5.74, 6) is 0. The highest BCUT2D eigenvalue weighted by molar-refractivity contribution is 7.92. The molecule has 0 aliphatic carbocycles.